The number of nitrogens with one attached hydrogen (secondary N) is 3. The van der Waals surface area contributed by atoms with E-state index in [1.807, 2.05) is 13.1 Å². The molecular weight excluding hydrogens is 364 g/mol. The normalized spacial score (nSPS) is 26.2. The van der Waals surface area contributed by atoms with Gasteiger partial charge in [0.25, 0.3) is 5.91 Å². The highest BCUT2D eigenvalue weighted by molar-refractivity contribution is 6.03. The second kappa shape index (κ2) is 6.66. The molecule has 4 aliphatic rings. The van der Waals surface area contributed by atoms with Crippen LogP contribution in [-0.2, 0) is 6.42 Å². The molecule has 4 N–H and O–H groups in total. The molecule has 0 aromatic heterocycles. The number of carbonyl (C=O) groups excluding carboxylic acids is 1. The van der Waals surface area contributed by atoms with E-state index in [-0.39, 0.29) is 30.8 Å². The van der Waals surface area contributed by atoms with Crippen LogP contribution in [0.15, 0.2) is 41.5 Å². The fourth-order valence-corrected chi connectivity index (χ4v) is 5.08. The van der Waals surface area contributed by atoms with E-state index in [2.05, 4.69) is 52.1 Å². The van der Waals surface area contributed by atoms with Gasteiger partial charge in [-0.3, -0.25) is 4.79 Å². The Morgan fingerprint density at radius 1 is 1.38 bits per heavy atom. The average Bonchev–Trinajstić information content (AvgIpc) is 3.22. The Labute approximate surface area is 171 Å². The summed E-state index contributed by atoms with van der Waals surface area (Å²) in [6.07, 6.45) is 13.0. The number of aliphatic hydroxyl groups is 1. The van der Waals surface area contributed by atoms with Crippen LogP contribution in [0.1, 0.15) is 42.1 Å². The topological polar surface area (TPSA) is 76.6 Å². The summed E-state index contributed by atoms with van der Waals surface area (Å²) in [7, 11) is 2.05. The molecule has 6 heteroatoms. The van der Waals surface area contributed by atoms with Gasteiger partial charge in [0.2, 0.25) is 0 Å². The molecule has 1 spiro atoms. The van der Waals surface area contributed by atoms with E-state index < -0.39 is 0 Å². The molecule has 1 amide bonds. The van der Waals surface area contributed by atoms with Crippen molar-refractivity contribution >= 4 is 23.0 Å². The van der Waals surface area contributed by atoms with E-state index in [0.717, 1.165) is 48.3 Å². The number of nitrogens with zero attached hydrogens (tertiary/aromatic N) is 1. The Hall–Kier alpha value is -2.73. The molecule has 5 rings (SSSR count). The molecule has 2 heterocycles. The molecule has 0 bridgehead atoms. The number of fused-ring (bicyclic) bond motifs is 4. The SMILES string of the molecule is CC1Nc2c(cc(C(=O)NCCO)c3c2NC2(C=C4CC=CC=C4C2)CC3)N1C. The first-order valence-electron chi connectivity index (χ1n) is 10.5. The minimum atomic E-state index is -0.117. The van der Waals surface area contributed by atoms with Gasteiger partial charge in [0.05, 0.1) is 35.4 Å². The van der Waals surface area contributed by atoms with Crippen molar-refractivity contribution in [3.05, 3.63) is 52.6 Å². The summed E-state index contributed by atoms with van der Waals surface area (Å²) in [6, 6.07) is 2.00. The molecule has 2 atom stereocenters. The van der Waals surface area contributed by atoms with E-state index in [1.165, 1.54) is 11.1 Å². The second-order valence-corrected chi connectivity index (χ2v) is 8.53. The minimum absolute atomic E-state index is 0.0601. The summed E-state index contributed by atoms with van der Waals surface area (Å²) in [5.41, 5.74) is 7.74. The molecule has 2 unspecified atom stereocenters. The summed E-state index contributed by atoms with van der Waals surface area (Å²) in [6.45, 7) is 2.33. The minimum Gasteiger partial charge on any atom is -0.395 e. The molecule has 6 nitrogen and oxygen atoms in total. The Balaban J connectivity index is 1.58. The molecule has 0 fully saturated rings. The van der Waals surface area contributed by atoms with Crippen molar-refractivity contribution in [1.82, 2.24) is 5.32 Å². The van der Waals surface area contributed by atoms with Gasteiger partial charge in [0.1, 0.15) is 0 Å². The number of anilines is 3. The zero-order valence-electron chi connectivity index (χ0n) is 17.0. The third-order valence-electron chi connectivity index (χ3n) is 6.71. The molecule has 0 radical (unpaired) electrons. The van der Waals surface area contributed by atoms with Crippen molar-refractivity contribution in [2.45, 2.75) is 44.3 Å². The maximum Gasteiger partial charge on any atom is 0.251 e. The van der Waals surface area contributed by atoms with Gasteiger partial charge in [-0.2, -0.15) is 0 Å². The second-order valence-electron chi connectivity index (χ2n) is 8.53. The van der Waals surface area contributed by atoms with Gasteiger partial charge in [-0.05, 0) is 55.4 Å². The maximum atomic E-state index is 12.9. The van der Waals surface area contributed by atoms with Crippen LogP contribution < -0.4 is 20.9 Å². The average molecular weight is 393 g/mol. The fraction of sp³-hybridized carbons (Fsp3) is 0.435. The van der Waals surface area contributed by atoms with Gasteiger partial charge < -0.3 is 26.0 Å². The van der Waals surface area contributed by atoms with Crippen LogP contribution >= 0.6 is 0 Å². The van der Waals surface area contributed by atoms with Gasteiger partial charge in [-0.25, -0.2) is 0 Å². The number of aliphatic hydroxyl groups excluding tert-OH is 1. The van der Waals surface area contributed by atoms with E-state index in [0.29, 0.717) is 5.56 Å². The highest BCUT2D eigenvalue weighted by Gasteiger charge is 2.42. The summed E-state index contributed by atoms with van der Waals surface area (Å²) in [4.78, 5) is 15.0. The van der Waals surface area contributed by atoms with Crippen LogP contribution in [0, 0.1) is 0 Å². The molecule has 0 saturated heterocycles. The maximum absolute atomic E-state index is 12.9. The predicted molar refractivity (Wildman–Crippen MR) is 117 cm³/mol. The van der Waals surface area contributed by atoms with Crippen molar-refractivity contribution in [3.63, 3.8) is 0 Å². The Morgan fingerprint density at radius 3 is 3.03 bits per heavy atom. The Morgan fingerprint density at radius 2 is 2.24 bits per heavy atom. The van der Waals surface area contributed by atoms with Crippen LogP contribution in [0.25, 0.3) is 0 Å². The van der Waals surface area contributed by atoms with E-state index in [9.17, 15) is 4.79 Å². The number of allylic oxidation sites excluding steroid dienone is 4. The number of hydrogen-bond donors (Lipinski definition) is 4. The van der Waals surface area contributed by atoms with Crippen molar-refractivity contribution < 1.29 is 9.90 Å². The molecule has 29 heavy (non-hydrogen) atoms. The predicted octanol–water partition coefficient (Wildman–Crippen LogP) is 2.93. The molecule has 152 valence electrons. The summed E-state index contributed by atoms with van der Waals surface area (Å²) in [5.74, 6) is -0.117. The molecule has 2 aliphatic carbocycles. The number of carbonyl (C=O) groups is 1. The van der Waals surface area contributed by atoms with E-state index in [1.54, 1.807) is 0 Å². The van der Waals surface area contributed by atoms with Crippen LogP contribution in [0.3, 0.4) is 0 Å². The molecule has 1 aromatic carbocycles. The lowest BCUT2D eigenvalue weighted by molar-refractivity contribution is 0.0943. The first-order valence-corrected chi connectivity index (χ1v) is 10.5. The van der Waals surface area contributed by atoms with Crippen LogP contribution in [0.2, 0.25) is 0 Å². The highest BCUT2D eigenvalue weighted by atomic mass is 16.3. The summed E-state index contributed by atoms with van der Waals surface area (Å²) < 4.78 is 0. The lowest BCUT2D eigenvalue weighted by Gasteiger charge is -2.37. The zero-order valence-corrected chi connectivity index (χ0v) is 17.0. The van der Waals surface area contributed by atoms with E-state index >= 15 is 0 Å². The van der Waals surface area contributed by atoms with Crippen LogP contribution in [0.5, 0.6) is 0 Å². The third kappa shape index (κ3) is 2.85. The largest absolute Gasteiger partial charge is 0.395 e. The standard InChI is InChI=1S/C23H28N4O2/c1-14-25-21-19(27(14)2)11-18(22(29)24-9-10-28)17-7-8-23(26-20(17)21)12-15-5-3-4-6-16(15)13-23/h3-5,11,13-14,25-26,28H,6-10,12H2,1-2H3,(H,24,29). The van der Waals surface area contributed by atoms with Crippen LogP contribution in [0.4, 0.5) is 17.1 Å². The Bertz CT molecular complexity index is 978. The molecule has 1 aromatic rings. The summed E-state index contributed by atoms with van der Waals surface area (Å²) >= 11 is 0. The first kappa shape index (κ1) is 18.3. The van der Waals surface area contributed by atoms with Gasteiger partial charge in [-0.15, -0.1) is 0 Å². The van der Waals surface area contributed by atoms with Crippen molar-refractivity contribution in [1.29, 1.82) is 0 Å². The van der Waals surface area contributed by atoms with Crippen molar-refractivity contribution in [2.75, 3.05) is 35.7 Å². The lowest BCUT2D eigenvalue weighted by atomic mass is 9.82. The van der Waals surface area contributed by atoms with Gasteiger partial charge in [0.15, 0.2) is 0 Å². The number of hydrogen-bond acceptors (Lipinski definition) is 5. The van der Waals surface area contributed by atoms with Gasteiger partial charge in [-0.1, -0.05) is 24.3 Å². The van der Waals surface area contributed by atoms with Crippen LogP contribution in [-0.4, -0.2) is 42.9 Å². The van der Waals surface area contributed by atoms with Gasteiger partial charge in [0, 0.05) is 19.2 Å². The summed E-state index contributed by atoms with van der Waals surface area (Å²) in [5, 5.41) is 19.4. The first-order chi connectivity index (χ1) is 14.0. The third-order valence-corrected chi connectivity index (χ3v) is 6.71. The van der Waals surface area contributed by atoms with Crippen molar-refractivity contribution in [2.24, 2.45) is 0 Å². The lowest BCUT2D eigenvalue weighted by Crippen LogP contribution is -2.39. The number of benzene rings is 1. The quantitative estimate of drug-likeness (QED) is 0.636. The smallest absolute Gasteiger partial charge is 0.251 e. The monoisotopic (exact) mass is 392 g/mol. The molecular formula is C23H28N4O2. The van der Waals surface area contributed by atoms with Crippen molar-refractivity contribution in [3.8, 4) is 0 Å². The van der Waals surface area contributed by atoms with Gasteiger partial charge >= 0.3 is 0 Å². The number of amides is 1. The Kier molecular flexibility index (Phi) is 4.21. The molecule has 2 aliphatic heterocycles. The fourth-order valence-electron chi connectivity index (χ4n) is 5.08. The zero-order chi connectivity index (χ0) is 20.2. The molecule has 0 saturated carbocycles. The highest BCUT2D eigenvalue weighted by Crippen LogP contribution is 2.51. The number of rotatable bonds is 3. The van der Waals surface area contributed by atoms with E-state index in [4.69, 9.17) is 5.11 Å².